The largest absolute Gasteiger partial charge is 0.481 e. The SMILES string of the molecule is O=C(O)[C@H]1C[C@H]1c1ccc2ccccc2c1. The minimum Gasteiger partial charge on any atom is -0.481 e. The Morgan fingerprint density at radius 3 is 2.56 bits per heavy atom. The lowest BCUT2D eigenvalue weighted by molar-refractivity contribution is -0.138. The molecule has 1 fully saturated rings. The predicted octanol–water partition coefficient (Wildman–Crippen LogP) is 3.03. The number of benzene rings is 2. The molecule has 0 amide bonds. The molecule has 0 unspecified atom stereocenters. The van der Waals surface area contributed by atoms with Gasteiger partial charge in [-0.05, 0) is 28.7 Å². The highest BCUT2D eigenvalue weighted by atomic mass is 16.4. The molecule has 0 saturated heterocycles. The molecule has 0 heterocycles. The average molecular weight is 212 g/mol. The Labute approximate surface area is 93.5 Å². The lowest BCUT2D eigenvalue weighted by atomic mass is 10.0. The first kappa shape index (κ1) is 9.40. The fourth-order valence-electron chi connectivity index (χ4n) is 2.27. The van der Waals surface area contributed by atoms with Crippen LogP contribution in [0.4, 0.5) is 0 Å². The van der Waals surface area contributed by atoms with Crippen molar-refractivity contribution in [3.63, 3.8) is 0 Å². The number of carbonyl (C=O) groups is 1. The third kappa shape index (κ3) is 1.47. The molecule has 2 nitrogen and oxygen atoms in total. The molecule has 3 rings (SSSR count). The summed E-state index contributed by atoms with van der Waals surface area (Å²) in [6.07, 6.45) is 0.785. The summed E-state index contributed by atoms with van der Waals surface area (Å²) < 4.78 is 0. The Morgan fingerprint density at radius 2 is 1.88 bits per heavy atom. The minimum absolute atomic E-state index is 0.166. The van der Waals surface area contributed by atoms with E-state index < -0.39 is 5.97 Å². The van der Waals surface area contributed by atoms with Crippen LogP contribution in [0.3, 0.4) is 0 Å². The molecule has 0 spiro atoms. The van der Waals surface area contributed by atoms with Crippen LogP contribution in [0.2, 0.25) is 0 Å². The number of carboxylic acid groups (broad SMARTS) is 1. The van der Waals surface area contributed by atoms with Gasteiger partial charge in [0.2, 0.25) is 0 Å². The van der Waals surface area contributed by atoms with E-state index in [-0.39, 0.29) is 11.8 Å². The standard InChI is InChI=1S/C14H12O2/c15-14(16)13-8-12(13)11-6-5-9-3-1-2-4-10(9)7-11/h1-7,12-13H,8H2,(H,15,16)/t12-,13-/m0/s1. The van der Waals surface area contributed by atoms with Crippen LogP contribution in [0.25, 0.3) is 10.8 Å². The first-order chi connectivity index (χ1) is 7.75. The topological polar surface area (TPSA) is 37.3 Å². The quantitative estimate of drug-likeness (QED) is 0.830. The van der Waals surface area contributed by atoms with Crippen LogP contribution in [0.15, 0.2) is 42.5 Å². The highest BCUT2D eigenvalue weighted by Crippen LogP contribution is 2.47. The lowest BCUT2D eigenvalue weighted by Gasteiger charge is -2.02. The maximum absolute atomic E-state index is 10.8. The summed E-state index contributed by atoms with van der Waals surface area (Å²) in [5.41, 5.74) is 1.16. The molecule has 0 radical (unpaired) electrons. The molecule has 2 heteroatoms. The van der Waals surface area contributed by atoms with Crippen molar-refractivity contribution in [2.75, 3.05) is 0 Å². The zero-order valence-corrected chi connectivity index (χ0v) is 8.76. The Hall–Kier alpha value is -1.83. The van der Waals surface area contributed by atoms with Gasteiger partial charge in [-0.3, -0.25) is 4.79 Å². The third-order valence-corrected chi connectivity index (χ3v) is 3.31. The molecule has 1 aliphatic rings. The van der Waals surface area contributed by atoms with E-state index in [1.54, 1.807) is 0 Å². The van der Waals surface area contributed by atoms with E-state index in [2.05, 4.69) is 30.3 Å². The Balaban J connectivity index is 1.98. The van der Waals surface area contributed by atoms with Crippen molar-refractivity contribution in [3.8, 4) is 0 Å². The van der Waals surface area contributed by atoms with Crippen LogP contribution in [0.5, 0.6) is 0 Å². The van der Waals surface area contributed by atoms with Crippen LogP contribution in [-0.4, -0.2) is 11.1 Å². The van der Waals surface area contributed by atoms with Crippen molar-refractivity contribution >= 4 is 16.7 Å². The van der Waals surface area contributed by atoms with Crippen molar-refractivity contribution in [1.82, 2.24) is 0 Å². The summed E-state index contributed by atoms with van der Waals surface area (Å²) in [6, 6.07) is 14.4. The van der Waals surface area contributed by atoms with Crippen LogP contribution < -0.4 is 0 Å². The molecule has 0 aliphatic heterocycles. The third-order valence-electron chi connectivity index (χ3n) is 3.31. The fraction of sp³-hybridized carbons (Fsp3) is 0.214. The first-order valence-electron chi connectivity index (χ1n) is 5.47. The molecule has 80 valence electrons. The van der Waals surface area contributed by atoms with Gasteiger partial charge in [0, 0.05) is 0 Å². The minimum atomic E-state index is -0.668. The van der Waals surface area contributed by atoms with Gasteiger partial charge in [-0.2, -0.15) is 0 Å². The van der Waals surface area contributed by atoms with Gasteiger partial charge in [-0.25, -0.2) is 0 Å². The predicted molar refractivity (Wildman–Crippen MR) is 62.4 cm³/mol. The van der Waals surface area contributed by atoms with Gasteiger partial charge in [0.15, 0.2) is 0 Å². The van der Waals surface area contributed by atoms with Crippen molar-refractivity contribution in [1.29, 1.82) is 0 Å². The summed E-state index contributed by atoms with van der Waals surface area (Å²) in [6.45, 7) is 0. The Bertz CT molecular complexity index is 559. The summed E-state index contributed by atoms with van der Waals surface area (Å²) in [5.74, 6) is -0.610. The second-order valence-electron chi connectivity index (χ2n) is 4.39. The van der Waals surface area contributed by atoms with Crippen LogP contribution in [-0.2, 0) is 4.79 Å². The molecule has 2 aromatic carbocycles. The maximum atomic E-state index is 10.8. The highest BCUT2D eigenvalue weighted by Gasteiger charge is 2.44. The molecule has 2 atom stereocenters. The van der Waals surface area contributed by atoms with Crippen LogP contribution in [0, 0.1) is 5.92 Å². The zero-order chi connectivity index (χ0) is 11.1. The van der Waals surface area contributed by atoms with E-state index >= 15 is 0 Å². The van der Waals surface area contributed by atoms with E-state index in [1.807, 2.05) is 12.1 Å². The normalized spacial score (nSPS) is 23.2. The van der Waals surface area contributed by atoms with Gasteiger partial charge in [-0.1, -0.05) is 42.5 Å². The van der Waals surface area contributed by atoms with E-state index in [1.165, 1.54) is 10.8 Å². The second-order valence-corrected chi connectivity index (χ2v) is 4.39. The molecule has 0 aromatic heterocycles. The smallest absolute Gasteiger partial charge is 0.307 e. The summed E-state index contributed by atoms with van der Waals surface area (Å²) in [5, 5.41) is 11.3. The number of aliphatic carboxylic acids is 1. The van der Waals surface area contributed by atoms with Gasteiger partial charge in [0.05, 0.1) is 5.92 Å². The van der Waals surface area contributed by atoms with E-state index in [0.717, 1.165) is 12.0 Å². The number of carboxylic acids is 1. The van der Waals surface area contributed by atoms with Crippen LogP contribution >= 0.6 is 0 Å². The number of hydrogen-bond acceptors (Lipinski definition) is 1. The summed E-state index contributed by atoms with van der Waals surface area (Å²) >= 11 is 0. The average Bonchev–Trinajstić information content (AvgIpc) is 3.08. The zero-order valence-electron chi connectivity index (χ0n) is 8.76. The Kier molecular flexibility index (Phi) is 1.96. The van der Waals surface area contributed by atoms with E-state index in [0.29, 0.717) is 0 Å². The van der Waals surface area contributed by atoms with Crippen molar-refractivity contribution in [3.05, 3.63) is 48.0 Å². The van der Waals surface area contributed by atoms with Crippen molar-refractivity contribution < 1.29 is 9.90 Å². The van der Waals surface area contributed by atoms with Gasteiger partial charge in [0.25, 0.3) is 0 Å². The molecule has 1 N–H and O–H groups in total. The number of rotatable bonds is 2. The van der Waals surface area contributed by atoms with E-state index in [9.17, 15) is 4.79 Å². The Morgan fingerprint density at radius 1 is 1.12 bits per heavy atom. The fourth-order valence-corrected chi connectivity index (χ4v) is 2.27. The van der Waals surface area contributed by atoms with Gasteiger partial charge < -0.3 is 5.11 Å². The molecule has 1 aliphatic carbocycles. The molecular weight excluding hydrogens is 200 g/mol. The first-order valence-corrected chi connectivity index (χ1v) is 5.47. The molecular formula is C14H12O2. The maximum Gasteiger partial charge on any atom is 0.307 e. The molecule has 16 heavy (non-hydrogen) atoms. The second kappa shape index (κ2) is 3.34. The van der Waals surface area contributed by atoms with Gasteiger partial charge in [0.1, 0.15) is 0 Å². The summed E-state index contributed by atoms with van der Waals surface area (Å²) in [4.78, 5) is 10.8. The number of hydrogen-bond donors (Lipinski definition) is 1. The molecule has 1 saturated carbocycles. The molecule has 2 aromatic rings. The molecule has 0 bridgehead atoms. The lowest BCUT2D eigenvalue weighted by Crippen LogP contribution is -1.98. The van der Waals surface area contributed by atoms with Gasteiger partial charge in [-0.15, -0.1) is 0 Å². The van der Waals surface area contributed by atoms with E-state index in [4.69, 9.17) is 5.11 Å². The summed E-state index contributed by atoms with van der Waals surface area (Å²) in [7, 11) is 0. The van der Waals surface area contributed by atoms with Crippen LogP contribution in [0.1, 0.15) is 17.9 Å². The van der Waals surface area contributed by atoms with Crippen molar-refractivity contribution in [2.24, 2.45) is 5.92 Å². The highest BCUT2D eigenvalue weighted by molar-refractivity contribution is 5.84. The number of fused-ring (bicyclic) bond motifs is 1. The monoisotopic (exact) mass is 212 g/mol. The van der Waals surface area contributed by atoms with Gasteiger partial charge >= 0.3 is 5.97 Å². The van der Waals surface area contributed by atoms with Crippen molar-refractivity contribution in [2.45, 2.75) is 12.3 Å².